The van der Waals surface area contributed by atoms with Gasteiger partial charge in [0.2, 0.25) is 5.91 Å². The SMILES string of the molecule is CCN(C(=O)CBr)c1ccc([N+](=O)[O-])cc1. The number of benzene rings is 1. The summed E-state index contributed by atoms with van der Waals surface area (Å²) in [5.74, 6) is -0.0728. The number of carbonyl (C=O) groups is 1. The number of nitro benzene ring substituents is 1. The molecule has 0 heterocycles. The highest BCUT2D eigenvalue weighted by Crippen LogP contribution is 2.19. The summed E-state index contributed by atoms with van der Waals surface area (Å²) in [5, 5.41) is 10.7. The van der Waals surface area contributed by atoms with Crippen molar-refractivity contribution in [2.24, 2.45) is 0 Å². The van der Waals surface area contributed by atoms with Crippen LogP contribution in [0.5, 0.6) is 0 Å². The summed E-state index contributed by atoms with van der Waals surface area (Å²) < 4.78 is 0. The second-order valence-corrected chi connectivity index (χ2v) is 3.61. The first-order chi connectivity index (χ1) is 7.60. The Morgan fingerprint density at radius 1 is 1.44 bits per heavy atom. The van der Waals surface area contributed by atoms with Gasteiger partial charge in [0.05, 0.1) is 10.3 Å². The van der Waals surface area contributed by atoms with Crippen LogP contribution in [-0.4, -0.2) is 22.7 Å². The lowest BCUT2D eigenvalue weighted by atomic mass is 10.2. The largest absolute Gasteiger partial charge is 0.312 e. The number of nitro groups is 1. The Kier molecular flexibility index (Phi) is 4.42. The fourth-order valence-corrected chi connectivity index (χ4v) is 1.63. The van der Waals surface area contributed by atoms with Crippen molar-refractivity contribution in [2.75, 3.05) is 16.8 Å². The van der Waals surface area contributed by atoms with E-state index < -0.39 is 4.92 Å². The van der Waals surface area contributed by atoms with Gasteiger partial charge in [-0.05, 0) is 19.1 Å². The highest BCUT2D eigenvalue weighted by Gasteiger charge is 2.13. The topological polar surface area (TPSA) is 63.5 Å². The van der Waals surface area contributed by atoms with Gasteiger partial charge in [0.15, 0.2) is 0 Å². The summed E-state index contributed by atoms with van der Waals surface area (Å²) in [6.45, 7) is 2.38. The van der Waals surface area contributed by atoms with Gasteiger partial charge in [-0.1, -0.05) is 15.9 Å². The zero-order valence-electron chi connectivity index (χ0n) is 8.72. The van der Waals surface area contributed by atoms with Crippen molar-refractivity contribution >= 4 is 33.2 Å². The van der Waals surface area contributed by atoms with E-state index in [-0.39, 0.29) is 16.9 Å². The number of nitrogens with zero attached hydrogens (tertiary/aromatic N) is 2. The Bertz CT molecular complexity index is 392. The molecule has 0 N–H and O–H groups in total. The molecular formula is C10H11BrN2O3. The Morgan fingerprint density at radius 3 is 2.38 bits per heavy atom. The molecule has 0 aliphatic heterocycles. The van der Waals surface area contributed by atoms with E-state index in [0.717, 1.165) is 0 Å². The maximum atomic E-state index is 11.5. The van der Waals surface area contributed by atoms with Crippen LogP contribution in [0.15, 0.2) is 24.3 Å². The van der Waals surface area contributed by atoms with E-state index in [0.29, 0.717) is 12.2 Å². The summed E-state index contributed by atoms with van der Waals surface area (Å²) in [6.07, 6.45) is 0. The minimum atomic E-state index is -0.466. The molecule has 86 valence electrons. The van der Waals surface area contributed by atoms with Crippen LogP contribution in [0.4, 0.5) is 11.4 Å². The van der Waals surface area contributed by atoms with Crippen LogP contribution in [-0.2, 0) is 4.79 Å². The van der Waals surface area contributed by atoms with Crippen molar-refractivity contribution < 1.29 is 9.72 Å². The third-order valence-corrected chi connectivity index (χ3v) is 2.58. The molecule has 0 radical (unpaired) electrons. The third-order valence-electron chi connectivity index (χ3n) is 2.10. The van der Waals surface area contributed by atoms with Crippen molar-refractivity contribution in [3.8, 4) is 0 Å². The average molecular weight is 287 g/mol. The molecule has 0 spiro atoms. The number of anilines is 1. The standard InChI is InChI=1S/C10H11BrN2O3/c1-2-12(10(14)7-11)8-3-5-9(6-4-8)13(15)16/h3-6H,2,7H2,1H3. The van der Waals surface area contributed by atoms with E-state index in [9.17, 15) is 14.9 Å². The minimum absolute atomic E-state index is 0.0195. The number of non-ortho nitro benzene ring substituents is 1. The van der Waals surface area contributed by atoms with E-state index in [2.05, 4.69) is 15.9 Å². The molecule has 0 unspecified atom stereocenters. The maximum Gasteiger partial charge on any atom is 0.269 e. The highest BCUT2D eigenvalue weighted by molar-refractivity contribution is 9.09. The fourth-order valence-electron chi connectivity index (χ4n) is 1.33. The van der Waals surface area contributed by atoms with Crippen molar-refractivity contribution in [3.05, 3.63) is 34.4 Å². The van der Waals surface area contributed by atoms with Gasteiger partial charge < -0.3 is 4.90 Å². The van der Waals surface area contributed by atoms with Crippen LogP contribution in [0.1, 0.15) is 6.92 Å². The maximum absolute atomic E-state index is 11.5. The normalized spacial score (nSPS) is 9.88. The van der Waals surface area contributed by atoms with Crippen molar-refractivity contribution in [1.82, 2.24) is 0 Å². The van der Waals surface area contributed by atoms with Gasteiger partial charge >= 0.3 is 0 Å². The van der Waals surface area contributed by atoms with Crippen LogP contribution in [0.3, 0.4) is 0 Å². The van der Waals surface area contributed by atoms with Crippen LogP contribution < -0.4 is 4.90 Å². The second-order valence-electron chi connectivity index (χ2n) is 3.05. The first-order valence-electron chi connectivity index (χ1n) is 4.71. The molecule has 6 heteroatoms. The predicted octanol–water partition coefficient (Wildman–Crippen LogP) is 2.34. The molecule has 1 rings (SSSR count). The van der Waals surface area contributed by atoms with Crippen LogP contribution in [0.2, 0.25) is 0 Å². The minimum Gasteiger partial charge on any atom is -0.312 e. The molecule has 0 atom stereocenters. The third kappa shape index (κ3) is 2.79. The lowest BCUT2D eigenvalue weighted by Crippen LogP contribution is -2.31. The molecule has 5 nitrogen and oxygen atoms in total. The Labute approximate surface area is 101 Å². The number of halogens is 1. The zero-order chi connectivity index (χ0) is 12.1. The van der Waals surface area contributed by atoms with Crippen LogP contribution in [0.25, 0.3) is 0 Å². The summed E-state index contributed by atoms with van der Waals surface area (Å²) in [5.41, 5.74) is 0.684. The van der Waals surface area contributed by atoms with E-state index in [4.69, 9.17) is 0 Å². The van der Waals surface area contributed by atoms with E-state index in [1.165, 1.54) is 12.1 Å². The fraction of sp³-hybridized carbons (Fsp3) is 0.300. The Hall–Kier alpha value is -1.43. The monoisotopic (exact) mass is 286 g/mol. The Morgan fingerprint density at radius 2 is 2.00 bits per heavy atom. The average Bonchev–Trinajstić information content (AvgIpc) is 2.30. The molecule has 0 aliphatic rings. The van der Waals surface area contributed by atoms with Gasteiger partial charge in [0.25, 0.3) is 5.69 Å². The first-order valence-corrected chi connectivity index (χ1v) is 5.83. The molecular weight excluding hydrogens is 276 g/mol. The molecule has 0 bridgehead atoms. The van der Waals surface area contributed by atoms with Gasteiger partial charge in [0, 0.05) is 24.4 Å². The van der Waals surface area contributed by atoms with Crippen molar-refractivity contribution in [2.45, 2.75) is 6.92 Å². The molecule has 0 saturated heterocycles. The number of hydrogen-bond acceptors (Lipinski definition) is 3. The van der Waals surface area contributed by atoms with E-state index in [1.54, 1.807) is 17.0 Å². The summed E-state index contributed by atoms with van der Waals surface area (Å²) in [6, 6.07) is 5.92. The quantitative estimate of drug-likeness (QED) is 0.485. The lowest BCUT2D eigenvalue weighted by Gasteiger charge is -2.19. The van der Waals surface area contributed by atoms with E-state index in [1.807, 2.05) is 6.92 Å². The molecule has 0 fully saturated rings. The number of rotatable bonds is 4. The van der Waals surface area contributed by atoms with Gasteiger partial charge in [-0.3, -0.25) is 14.9 Å². The van der Waals surface area contributed by atoms with Crippen LogP contribution >= 0.6 is 15.9 Å². The van der Waals surface area contributed by atoms with Gasteiger partial charge in [-0.15, -0.1) is 0 Å². The summed E-state index contributed by atoms with van der Waals surface area (Å²) in [7, 11) is 0. The molecule has 0 aromatic heterocycles. The van der Waals surface area contributed by atoms with Crippen molar-refractivity contribution in [1.29, 1.82) is 0 Å². The first kappa shape index (κ1) is 12.6. The molecule has 0 aliphatic carbocycles. The zero-order valence-corrected chi connectivity index (χ0v) is 10.3. The van der Waals surface area contributed by atoms with Gasteiger partial charge in [-0.2, -0.15) is 0 Å². The smallest absolute Gasteiger partial charge is 0.269 e. The van der Waals surface area contributed by atoms with Crippen LogP contribution in [0, 0.1) is 10.1 Å². The lowest BCUT2D eigenvalue weighted by molar-refractivity contribution is -0.384. The molecule has 1 aromatic rings. The second kappa shape index (κ2) is 5.60. The van der Waals surface area contributed by atoms with Gasteiger partial charge in [-0.25, -0.2) is 0 Å². The van der Waals surface area contributed by atoms with Crippen molar-refractivity contribution in [3.63, 3.8) is 0 Å². The number of alkyl halides is 1. The number of carbonyl (C=O) groups excluding carboxylic acids is 1. The highest BCUT2D eigenvalue weighted by atomic mass is 79.9. The molecule has 0 saturated carbocycles. The summed E-state index contributed by atoms with van der Waals surface area (Å²) in [4.78, 5) is 23.1. The molecule has 1 aromatic carbocycles. The van der Waals surface area contributed by atoms with E-state index >= 15 is 0 Å². The number of hydrogen-bond donors (Lipinski definition) is 0. The number of amides is 1. The predicted molar refractivity (Wildman–Crippen MR) is 64.9 cm³/mol. The molecule has 1 amide bonds. The van der Waals surface area contributed by atoms with Gasteiger partial charge in [0.1, 0.15) is 0 Å². The Balaban J connectivity index is 2.95. The molecule has 16 heavy (non-hydrogen) atoms. The summed E-state index contributed by atoms with van der Waals surface area (Å²) >= 11 is 3.09.